The second-order valence-corrected chi connectivity index (χ2v) is 11.9. The van der Waals surface area contributed by atoms with Crippen molar-refractivity contribution in [1.82, 2.24) is 49.0 Å². The van der Waals surface area contributed by atoms with Crippen molar-refractivity contribution >= 4 is 11.3 Å². The number of ether oxygens (including phenoxy) is 1. The third kappa shape index (κ3) is 8.64. The molecule has 47 heavy (non-hydrogen) atoms. The van der Waals surface area contributed by atoms with Gasteiger partial charge in [-0.05, 0) is 64.0 Å². The second-order valence-electron chi connectivity index (χ2n) is 11.9. The van der Waals surface area contributed by atoms with Gasteiger partial charge in [0.25, 0.3) is 0 Å². The summed E-state index contributed by atoms with van der Waals surface area (Å²) in [5.41, 5.74) is 5.04. The van der Waals surface area contributed by atoms with Crippen LogP contribution in [0.1, 0.15) is 25.7 Å². The summed E-state index contributed by atoms with van der Waals surface area (Å²) in [6, 6.07) is 11.0. The van der Waals surface area contributed by atoms with Gasteiger partial charge in [-0.3, -0.25) is 9.97 Å². The van der Waals surface area contributed by atoms with E-state index in [1.54, 1.807) is 46.0 Å². The van der Waals surface area contributed by atoms with Crippen molar-refractivity contribution in [2.45, 2.75) is 37.9 Å². The standard InChI is InChI=1S/C17H19N5O.C11H8N4O.C6H13NO/c1-21-8-5-14(6-9-21)23-15-2-3-16(18-11-15)13-10-19-17-4-7-20-22(17)12-13;16-9-1-2-10(12-6-9)8-5-13-11-3-4-14-15(11)7-8;1-7-4-2-6(8)3-5-7/h2-4,7,10-12,14H,5-6,8-9H2,1H3;1-7,16H;6,8H,2-5H2,1H3. The Balaban J connectivity index is 0.000000139. The molecule has 2 N–H and O–H groups in total. The molecule has 0 atom stereocenters. The summed E-state index contributed by atoms with van der Waals surface area (Å²) in [6.07, 6.45) is 18.3. The molecule has 244 valence electrons. The Morgan fingerprint density at radius 3 is 1.66 bits per heavy atom. The quantitative estimate of drug-likeness (QED) is 0.292. The zero-order chi connectivity index (χ0) is 32.6. The van der Waals surface area contributed by atoms with Crippen molar-refractivity contribution < 1.29 is 14.9 Å². The highest BCUT2D eigenvalue weighted by atomic mass is 16.5. The Hall–Kier alpha value is -4.98. The van der Waals surface area contributed by atoms with Crippen LogP contribution in [0.2, 0.25) is 0 Å². The zero-order valence-electron chi connectivity index (χ0n) is 26.7. The predicted molar refractivity (Wildman–Crippen MR) is 178 cm³/mol. The fourth-order valence-electron chi connectivity index (χ4n) is 5.35. The molecule has 0 bridgehead atoms. The first kappa shape index (κ1) is 32.0. The Kier molecular flexibility index (Phi) is 10.3. The van der Waals surface area contributed by atoms with Crippen LogP contribution in [0, 0.1) is 0 Å². The van der Waals surface area contributed by atoms with Crippen molar-refractivity contribution in [2.75, 3.05) is 40.3 Å². The lowest BCUT2D eigenvalue weighted by atomic mass is 10.1. The van der Waals surface area contributed by atoms with E-state index in [9.17, 15) is 0 Å². The molecule has 0 unspecified atom stereocenters. The lowest BCUT2D eigenvalue weighted by molar-refractivity contribution is 0.0942. The minimum Gasteiger partial charge on any atom is -0.506 e. The molecule has 13 nitrogen and oxygen atoms in total. The van der Waals surface area contributed by atoms with E-state index in [2.05, 4.69) is 54.0 Å². The Morgan fingerprint density at radius 2 is 1.17 bits per heavy atom. The average Bonchev–Trinajstić information content (AvgIpc) is 3.78. The van der Waals surface area contributed by atoms with E-state index in [0.717, 1.165) is 91.4 Å². The van der Waals surface area contributed by atoms with Gasteiger partial charge in [-0.15, -0.1) is 0 Å². The highest BCUT2D eigenvalue weighted by Gasteiger charge is 2.18. The van der Waals surface area contributed by atoms with Gasteiger partial charge in [0.1, 0.15) is 17.6 Å². The summed E-state index contributed by atoms with van der Waals surface area (Å²) in [6.45, 7) is 4.29. The summed E-state index contributed by atoms with van der Waals surface area (Å²) in [5, 5.41) is 26.4. The topological polar surface area (TPSA) is 142 Å². The van der Waals surface area contributed by atoms with E-state index in [1.165, 1.54) is 6.20 Å². The molecule has 0 aliphatic carbocycles. The number of rotatable bonds is 4. The van der Waals surface area contributed by atoms with E-state index in [4.69, 9.17) is 14.9 Å². The van der Waals surface area contributed by atoms with E-state index in [1.807, 2.05) is 42.9 Å². The third-order valence-electron chi connectivity index (χ3n) is 8.23. The molecule has 13 heteroatoms. The first-order chi connectivity index (χ1) is 22.9. The van der Waals surface area contributed by atoms with Crippen LogP contribution in [0.25, 0.3) is 33.8 Å². The lowest BCUT2D eigenvalue weighted by Gasteiger charge is -2.29. The van der Waals surface area contributed by atoms with Crippen LogP contribution >= 0.6 is 0 Å². The maximum absolute atomic E-state index is 9.15. The van der Waals surface area contributed by atoms with Gasteiger partial charge in [-0.25, -0.2) is 19.0 Å². The van der Waals surface area contributed by atoms with Crippen LogP contribution in [-0.4, -0.2) is 112 Å². The first-order valence-corrected chi connectivity index (χ1v) is 15.8. The number of fused-ring (bicyclic) bond motifs is 2. The number of likely N-dealkylation sites (tertiary alicyclic amines) is 2. The molecule has 8 rings (SSSR count). The van der Waals surface area contributed by atoms with Gasteiger partial charge < -0.3 is 24.7 Å². The molecular weight excluding hydrogens is 596 g/mol. The summed E-state index contributed by atoms with van der Waals surface area (Å²) >= 11 is 0. The Morgan fingerprint density at radius 1 is 0.638 bits per heavy atom. The summed E-state index contributed by atoms with van der Waals surface area (Å²) < 4.78 is 9.46. The number of nitrogens with zero attached hydrogens (tertiary/aromatic N) is 10. The number of aromatic nitrogens is 8. The smallest absolute Gasteiger partial charge is 0.154 e. The van der Waals surface area contributed by atoms with Crippen LogP contribution < -0.4 is 4.74 Å². The monoisotopic (exact) mass is 636 g/mol. The number of piperidine rings is 2. The first-order valence-electron chi connectivity index (χ1n) is 15.8. The second kappa shape index (κ2) is 15.1. The molecule has 6 aromatic heterocycles. The van der Waals surface area contributed by atoms with E-state index in [-0.39, 0.29) is 11.9 Å². The largest absolute Gasteiger partial charge is 0.506 e. The van der Waals surface area contributed by atoms with Crippen molar-refractivity contribution in [3.63, 3.8) is 0 Å². The number of aliphatic hydroxyl groups is 1. The molecule has 6 aromatic rings. The van der Waals surface area contributed by atoms with Crippen molar-refractivity contribution in [2.24, 2.45) is 0 Å². The van der Waals surface area contributed by atoms with Gasteiger partial charge in [0.05, 0.1) is 42.3 Å². The van der Waals surface area contributed by atoms with E-state index >= 15 is 0 Å². The highest BCUT2D eigenvalue weighted by molar-refractivity contribution is 5.59. The van der Waals surface area contributed by atoms with Crippen LogP contribution in [-0.2, 0) is 0 Å². The van der Waals surface area contributed by atoms with E-state index < -0.39 is 0 Å². The van der Waals surface area contributed by atoms with Crippen molar-refractivity contribution in [3.05, 3.63) is 86.0 Å². The predicted octanol–water partition coefficient (Wildman–Crippen LogP) is 3.83. The van der Waals surface area contributed by atoms with Crippen LogP contribution in [0.4, 0.5) is 0 Å². The lowest BCUT2D eigenvalue weighted by Crippen LogP contribution is -2.35. The van der Waals surface area contributed by atoms with Gasteiger partial charge in [0, 0.05) is 74.2 Å². The van der Waals surface area contributed by atoms with Gasteiger partial charge in [0.2, 0.25) is 0 Å². The molecule has 8 heterocycles. The Bertz CT molecular complexity index is 1830. The molecule has 0 aromatic carbocycles. The minimum atomic E-state index is -0.0220. The normalized spacial score (nSPS) is 16.3. The minimum absolute atomic E-state index is 0.0220. The summed E-state index contributed by atoms with van der Waals surface area (Å²) in [5.74, 6) is 0.980. The molecule has 2 aliphatic rings. The maximum atomic E-state index is 9.15. The molecule has 0 radical (unpaired) electrons. The Labute approximate surface area is 273 Å². The molecule has 0 amide bonds. The summed E-state index contributed by atoms with van der Waals surface area (Å²) in [4.78, 5) is 21.8. The average molecular weight is 637 g/mol. The van der Waals surface area contributed by atoms with Crippen LogP contribution in [0.3, 0.4) is 0 Å². The summed E-state index contributed by atoms with van der Waals surface area (Å²) in [7, 11) is 4.24. The molecular formula is C34H40N10O3. The van der Waals surface area contributed by atoms with E-state index in [0.29, 0.717) is 6.10 Å². The number of pyridine rings is 2. The highest BCUT2D eigenvalue weighted by Crippen LogP contribution is 2.22. The number of aromatic hydroxyl groups is 1. The van der Waals surface area contributed by atoms with Crippen LogP contribution in [0.5, 0.6) is 11.5 Å². The molecule has 0 saturated carbocycles. The van der Waals surface area contributed by atoms with Crippen LogP contribution in [0.15, 0.2) is 86.0 Å². The van der Waals surface area contributed by atoms with Gasteiger partial charge in [0.15, 0.2) is 11.3 Å². The zero-order valence-corrected chi connectivity index (χ0v) is 26.7. The SMILES string of the molecule is CN1CCC(O)CC1.CN1CCC(Oc2ccc(-c3cnc4ccnn4c3)nc2)CC1.Oc1ccc(-c2cnc3ccnn3c2)nc1. The maximum Gasteiger partial charge on any atom is 0.154 e. The molecule has 2 aliphatic heterocycles. The van der Waals surface area contributed by atoms with Crippen molar-refractivity contribution in [3.8, 4) is 34.0 Å². The number of hydrogen-bond acceptors (Lipinski definition) is 11. The fourth-order valence-corrected chi connectivity index (χ4v) is 5.35. The molecule has 2 saturated heterocycles. The van der Waals surface area contributed by atoms with Crippen molar-refractivity contribution in [1.29, 1.82) is 0 Å². The molecule has 0 spiro atoms. The van der Waals surface area contributed by atoms with Gasteiger partial charge >= 0.3 is 0 Å². The molecule has 2 fully saturated rings. The third-order valence-corrected chi connectivity index (χ3v) is 8.23. The number of aliphatic hydroxyl groups excluding tert-OH is 1. The fraction of sp³-hybridized carbons (Fsp3) is 0.353. The van der Waals surface area contributed by atoms with Gasteiger partial charge in [-0.1, -0.05) is 0 Å². The number of hydrogen-bond donors (Lipinski definition) is 2. The van der Waals surface area contributed by atoms with Gasteiger partial charge in [-0.2, -0.15) is 10.2 Å².